The summed E-state index contributed by atoms with van der Waals surface area (Å²) in [7, 11) is 0. The quantitative estimate of drug-likeness (QED) is 0.446. The van der Waals surface area contributed by atoms with Gasteiger partial charge in [0.25, 0.3) is 5.69 Å². The first-order chi connectivity index (χ1) is 7.47. The molecular formula is C11H13NO4. The van der Waals surface area contributed by atoms with E-state index in [1.54, 1.807) is 13.8 Å². The number of nitro groups is 1. The highest BCUT2D eigenvalue weighted by molar-refractivity contribution is 5.98. The van der Waals surface area contributed by atoms with Gasteiger partial charge in [0.05, 0.1) is 17.1 Å². The molecule has 0 amide bonds. The minimum Gasteiger partial charge on any atom is -0.493 e. The molecule has 86 valence electrons. The molecular weight excluding hydrogens is 210 g/mol. The van der Waals surface area contributed by atoms with Gasteiger partial charge in [0.15, 0.2) is 5.78 Å². The van der Waals surface area contributed by atoms with Gasteiger partial charge in [-0.05, 0) is 26.3 Å². The number of carbonyl (C=O) groups excluding carboxylic acids is 1. The van der Waals surface area contributed by atoms with E-state index in [-0.39, 0.29) is 17.0 Å². The van der Waals surface area contributed by atoms with Crippen LogP contribution < -0.4 is 4.74 Å². The molecule has 0 atom stereocenters. The molecule has 0 aromatic heterocycles. The third-order valence-electron chi connectivity index (χ3n) is 2.14. The number of non-ortho nitro benzene ring substituents is 1. The lowest BCUT2D eigenvalue weighted by Gasteiger charge is -2.10. The maximum absolute atomic E-state index is 11.4. The highest BCUT2D eigenvalue weighted by Gasteiger charge is 2.17. The molecule has 0 N–H and O–H groups in total. The second-order valence-corrected chi connectivity index (χ2v) is 3.39. The number of carbonyl (C=O) groups is 1. The molecule has 1 aromatic rings. The summed E-state index contributed by atoms with van der Waals surface area (Å²) < 4.78 is 5.32. The van der Waals surface area contributed by atoms with Crippen LogP contribution in [0.2, 0.25) is 0 Å². The molecule has 0 unspecified atom stereocenters. The highest BCUT2D eigenvalue weighted by atomic mass is 16.6. The Morgan fingerprint density at radius 1 is 1.50 bits per heavy atom. The van der Waals surface area contributed by atoms with Gasteiger partial charge in [0, 0.05) is 12.1 Å². The molecule has 0 fully saturated rings. The van der Waals surface area contributed by atoms with E-state index < -0.39 is 4.92 Å². The van der Waals surface area contributed by atoms with Gasteiger partial charge in [-0.2, -0.15) is 0 Å². The monoisotopic (exact) mass is 223 g/mol. The van der Waals surface area contributed by atoms with Crippen molar-refractivity contribution in [1.82, 2.24) is 0 Å². The number of nitro benzene ring substituents is 1. The van der Waals surface area contributed by atoms with Crippen molar-refractivity contribution in [3.05, 3.63) is 33.4 Å². The van der Waals surface area contributed by atoms with E-state index in [2.05, 4.69) is 0 Å². The van der Waals surface area contributed by atoms with Gasteiger partial charge in [-0.25, -0.2) is 0 Å². The highest BCUT2D eigenvalue weighted by Crippen LogP contribution is 2.29. The van der Waals surface area contributed by atoms with Gasteiger partial charge >= 0.3 is 0 Å². The van der Waals surface area contributed by atoms with Crippen LogP contribution in [0.4, 0.5) is 5.69 Å². The third-order valence-corrected chi connectivity index (χ3v) is 2.14. The number of hydrogen-bond acceptors (Lipinski definition) is 4. The predicted molar refractivity (Wildman–Crippen MR) is 59.0 cm³/mol. The van der Waals surface area contributed by atoms with Crippen LogP contribution in [-0.4, -0.2) is 17.3 Å². The van der Waals surface area contributed by atoms with E-state index >= 15 is 0 Å². The Morgan fingerprint density at radius 3 is 2.56 bits per heavy atom. The molecule has 0 saturated heterocycles. The third kappa shape index (κ3) is 2.36. The van der Waals surface area contributed by atoms with Crippen molar-refractivity contribution in [3.8, 4) is 5.75 Å². The Labute approximate surface area is 93.2 Å². The van der Waals surface area contributed by atoms with Crippen LogP contribution in [0.25, 0.3) is 0 Å². The molecule has 1 rings (SSSR count). The Bertz CT molecular complexity index is 440. The molecule has 16 heavy (non-hydrogen) atoms. The topological polar surface area (TPSA) is 69.4 Å². The average molecular weight is 223 g/mol. The van der Waals surface area contributed by atoms with Crippen molar-refractivity contribution in [2.45, 2.75) is 20.8 Å². The summed E-state index contributed by atoms with van der Waals surface area (Å²) in [5.74, 6) is 0.191. The number of aryl methyl sites for hydroxylation is 1. The fraction of sp³-hybridized carbons (Fsp3) is 0.364. The van der Waals surface area contributed by atoms with E-state index in [0.717, 1.165) is 0 Å². The van der Waals surface area contributed by atoms with Crippen LogP contribution in [0.3, 0.4) is 0 Å². The molecule has 0 bridgehead atoms. The lowest BCUT2D eigenvalue weighted by Crippen LogP contribution is -2.04. The molecule has 0 spiro atoms. The van der Waals surface area contributed by atoms with Gasteiger partial charge in [0.1, 0.15) is 5.75 Å². The SMILES string of the molecule is CCOc1c(C)cc([N+](=O)[O-])cc1C(C)=O. The van der Waals surface area contributed by atoms with E-state index in [9.17, 15) is 14.9 Å². The van der Waals surface area contributed by atoms with Crippen LogP contribution in [0.15, 0.2) is 12.1 Å². The Kier molecular flexibility index (Phi) is 3.60. The van der Waals surface area contributed by atoms with Gasteiger partial charge in [-0.15, -0.1) is 0 Å². The summed E-state index contributed by atoms with van der Waals surface area (Å²) >= 11 is 0. The number of ketones is 1. The lowest BCUT2D eigenvalue weighted by molar-refractivity contribution is -0.384. The van der Waals surface area contributed by atoms with Crippen LogP contribution in [-0.2, 0) is 0 Å². The van der Waals surface area contributed by atoms with E-state index in [0.29, 0.717) is 17.9 Å². The zero-order chi connectivity index (χ0) is 12.3. The summed E-state index contributed by atoms with van der Waals surface area (Å²) in [4.78, 5) is 21.5. The molecule has 0 aliphatic rings. The molecule has 0 heterocycles. The van der Waals surface area contributed by atoms with Crippen molar-refractivity contribution < 1.29 is 14.5 Å². The molecule has 0 saturated carbocycles. The van der Waals surface area contributed by atoms with Crippen LogP contribution in [0, 0.1) is 17.0 Å². The average Bonchev–Trinajstić information content (AvgIpc) is 2.20. The number of rotatable bonds is 4. The maximum Gasteiger partial charge on any atom is 0.270 e. The Balaban J connectivity index is 3.39. The molecule has 1 aromatic carbocycles. The number of nitrogens with zero attached hydrogens (tertiary/aromatic N) is 1. The summed E-state index contributed by atoms with van der Waals surface area (Å²) in [6.07, 6.45) is 0. The Morgan fingerprint density at radius 2 is 2.12 bits per heavy atom. The van der Waals surface area contributed by atoms with Gasteiger partial charge in [-0.3, -0.25) is 14.9 Å². The van der Waals surface area contributed by atoms with Gasteiger partial charge in [-0.1, -0.05) is 0 Å². The largest absolute Gasteiger partial charge is 0.493 e. The first kappa shape index (κ1) is 12.2. The van der Waals surface area contributed by atoms with E-state index in [4.69, 9.17) is 4.74 Å². The number of benzene rings is 1. The van der Waals surface area contributed by atoms with Crippen molar-refractivity contribution >= 4 is 11.5 Å². The summed E-state index contributed by atoms with van der Waals surface area (Å²) in [5.41, 5.74) is 0.765. The summed E-state index contributed by atoms with van der Waals surface area (Å²) in [6.45, 7) is 5.26. The molecule has 0 aliphatic carbocycles. The van der Waals surface area contributed by atoms with E-state index in [1.807, 2.05) is 0 Å². The fourth-order valence-electron chi connectivity index (χ4n) is 1.46. The normalized spacial score (nSPS) is 9.94. The van der Waals surface area contributed by atoms with Crippen LogP contribution in [0.1, 0.15) is 29.8 Å². The van der Waals surface area contributed by atoms with E-state index in [1.165, 1.54) is 19.1 Å². The summed E-state index contributed by atoms with van der Waals surface area (Å²) in [5, 5.41) is 10.7. The zero-order valence-electron chi connectivity index (χ0n) is 9.44. The maximum atomic E-state index is 11.4. The predicted octanol–water partition coefficient (Wildman–Crippen LogP) is 2.50. The smallest absolute Gasteiger partial charge is 0.270 e. The molecule has 0 radical (unpaired) electrons. The molecule has 0 aliphatic heterocycles. The van der Waals surface area contributed by atoms with Crippen LogP contribution >= 0.6 is 0 Å². The zero-order valence-corrected chi connectivity index (χ0v) is 9.44. The first-order valence-electron chi connectivity index (χ1n) is 4.90. The molecule has 5 heteroatoms. The standard InChI is InChI=1S/C11H13NO4/c1-4-16-11-7(2)5-9(12(14)15)6-10(11)8(3)13/h5-6H,4H2,1-3H3. The second kappa shape index (κ2) is 4.74. The fourth-order valence-corrected chi connectivity index (χ4v) is 1.46. The van der Waals surface area contributed by atoms with Crippen molar-refractivity contribution in [1.29, 1.82) is 0 Å². The number of Topliss-reactive ketones (excluding diaryl/α,β-unsaturated/α-hetero) is 1. The summed E-state index contributed by atoms with van der Waals surface area (Å²) in [6, 6.07) is 2.65. The minimum absolute atomic E-state index is 0.0915. The van der Waals surface area contributed by atoms with Gasteiger partial charge in [0.2, 0.25) is 0 Å². The molecule has 5 nitrogen and oxygen atoms in total. The van der Waals surface area contributed by atoms with Crippen LogP contribution in [0.5, 0.6) is 5.75 Å². The van der Waals surface area contributed by atoms with Crippen molar-refractivity contribution in [2.24, 2.45) is 0 Å². The van der Waals surface area contributed by atoms with Crippen molar-refractivity contribution in [3.63, 3.8) is 0 Å². The number of hydrogen-bond donors (Lipinski definition) is 0. The first-order valence-corrected chi connectivity index (χ1v) is 4.90. The second-order valence-electron chi connectivity index (χ2n) is 3.39. The minimum atomic E-state index is -0.519. The lowest BCUT2D eigenvalue weighted by atomic mass is 10.1. The van der Waals surface area contributed by atoms with Gasteiger partial charge < -0.3 is 4.74 Å². The Hall–Kier alpha value is -1.91. The number of ether oxygens (including phenoxy) is 1. The van der Waals surface area contributed by atoms with Crippen molar-refractivity contribution in [2.75, 3.05) is 6.61 Å².